The Morgan fingerprint density at radius 2 is 1.90 bits per heavy atom. The second kappa shape index (κ2) is 12.5. The fourth-order valence-corrected chi connectivity index (χ4v) is 3.88. The summed E-state index contributed by atoms with van der Waals surface area (Å²) in [6, 6.07) is 7.06. The van der Waals surface area contributed by atoms with Crippen LogP contribution in [0.25, 0.3) is 0 Å². The number of guanidine groups is 1. The molecule has 1 aliphatic carbocycles. The van der Waals surface area contributed by atoms with E-state index < -0.39 is 0 Å². The molecule has 0 unspecified atom stereocenters. The van der Waals surface area contributed by atoms with Crippen molar-refractivity contribution in [2.45, 2.75) is 25.2 Å². The van der Waals surface area contributed by atoms with Crippen LogP contribution in [0.15, 0.2) is 29.3 Å². The van der Waals surface area contributed by atoms with Crippen molar-refractivity contribution in [2.24, 2.45) is 4.99 Å². The number of hydrogen-bond acceptors (Lipinski definition) is 4. The van der Waals surface area contributed by atoms with Crippen molar-refractivity contribution in [2.75, 3.05) is 66.1 Å². The molecule has 174 valence electrons. The minimum absolute atomic E-state index is 0. The van der Waals surface area contributed by atoms with Gasteiger partial charge in [-0.2, -0.15) is 0 Å². The first-order chi connectivity index (χ1) is 14.6. The number of methoxy groups -OCH3 is 1. The van der Waals surface area contributed by atoms with Gasteiger partial charge < -0.3 is 20.3 Å². The lowest BCUT2D eigenvalue weighted by atomic mass is 9.95. The van der Waals surface area contributed by atoms with Gasteiger partial charge in [0, 0.05) is 51.8 Å². The number of nitrogens with one attached hydrogen (secondary N) is 2. The van der Waals surface area contributed by atoms with Gasteiger partial charge in [-0.25, -0.2) is 4.39 Å². The highest BCUT2D eigenvalue weighted by atomic mass is 127. The van der Waals surface area contributed by atoms with Gasteiger partial charge in [-0.15, -0.1) is 24.0 Å². The molecule has 2 aliphatic rings. The number of carbonyl (C=O) groups excluding carboxylic acids is 1. The van der Waals surface area contributed by atoms with Crippen LogP contribution in [-0.4, -0.2) is 87.7 Å². The second-order valence-electron chi connectivity index (χ2n) is 8.04. The van der Waals surface area contributed by atoms with Crippen molar-refractivity contribution in [3.63, 3.8) is 0 Å². The highest BCUT2D eigenvalue weighted by Gasteiger charge is 2.46. The van der Waals surface area contributed by atoms with Gasteiger partial charge >= 0.3 is 0 Å². The first kappa shape index (κ1) is 25.8. The van der Waals surface area contributed by atoms with Crippen molar-refractivity contribution >= 4 is 35.8 Å². The molecular weight excluding hydrogens is 512 g/mol. The number of piperazine rings is 1. The summed E-state index contributed by atoms with van der Waals surface area (Å²) in [5, 5.41) is 6.24. The molecule has 1 heterocycles. The van der Waals surface area contributed by atoms with Gasteiger partial charge in [0.05, 0.1) is 19.7 Å². The van der Waals surface area contributed by atoms with E-state index in [1.165, 1.54) is 6.07 Å². The standard InChI is InChI=1S/C22H34FN5O2.HI/c1-3-24-21(26-17-22(8-9-22)18-6-4-5-7-19(18)23)28-13-11-27(12-14-28)16-20(29)25-10-15-30-2;/h4-7H,3,8-17H2,1-2H3,(H,24,26)(H,25,29);1H. The summed E-state index contributed by atoms with van der Waals surface area (Å²) in [5.74, 6) is 0.776. The number of amides is 1. The van der Waals surface area contributed by atoms with E-state index in [9.17, 15) is 9.18 Å². The van der Waals surface area contributed by atoms with E-state index >= 15 is 0 Å². The smallest absolute Gasteiger partial charge is 0.234 e. The predicted octanol–water partition coefficient (Wildman–Crippen LogP) is 1.82. The number of benzene rings is 1. The molecule has 3 rings (SSSR count). The molecule has 2 N–H and O–H groups in total. The number of ether oxygens (including phenoxy) is 1. The van der Waals surface area contributed by atoms with E-state index in [1.807, 2.05) is 12.1 Å². The Bertz CT molecular complexity index is 736. The van der Waals surface area contributed by atoms with Crippen LogP contribution in [0.4, 0.5) is 4.39 Å². The fraction of sp³-hybridized carbons (Fsp3) is 0.636. The van der Waals surface area contributed by atoms with Crippen molar-refractivity contribution in [1.82, 2.24) is 20.4 Å². The highest BCUT2D eigenvalue weighted by Crippen LogP contribution is 2.49. The minimum atomic E-state index is -0.159. The molecule has 1 aliphatic heterocycles. The van der Waals surface area contributed by atoms with Gasteiger partial charge in [-0.1, -0.05) is 18.2 Å². The molecule has 1 amide bonds. The number of carbonyl (C=O) groups is 1. The molecule has 0 radical (unpaired) electrons. The van der Waals surface area contributed by atoms with Crippen LogP contribution in [0.3, 0.4) is 0 Å². The number of nitrogens with zero attached hydrogens (tertiary/aromatic N) is 3. The van der Waals surface area contributed by atoms with Gasteiger partial charge in [-0.05, 0) is 31.4 Å². The number of halogens is 2. The summed E-state index contributed by atoms with van der Waals surface area (Å²) >= 11 is 0. The second-order valence-corrected chi connectivity index (χ2v) is 8.04. The summed E-state index contributed by atoms with van der Waals surface area (Å²) < 4.78 is 19.2. The molecular formula is C22H35FIN5O2. The van der Waals surface area contributed by atoms with Gasteiger partial charge in [0.15, 0.2) is 5.96 Å². The molecule has 1 aromatic carbocycles. The molecule has 0 aromatic heterocycles. The van der Waals surface area contributed by atoms with E-state index in [2.05, 4.69) is 27.4 Å². The van der Waals surface area contributed by atoms with E-state index in [4.69, 9.17) is 9.73 Å². The molecule has 2 fully saturated rings. The van der Waals surface area contributed by atoms with Gasteiger partial charge in [-0.3, -0.25) is 14.7 Å². The molecule has 31 heavy (non-hydrogen) atoms. The lowest BCUT2D eigenvalue weighted by Crippen LogP contribution is -2.54. The quantitative estimate of drug-likeness (QED) is 0.214. The summed E-state index contributed by atoms with van der Waals surface area (Å²) in [4.78, 5) is 21.3. The highest BCUT2D eigenvalue weighted by molar-refractivity contribution is 14.0. The Morgan fingerprint density at radius 3 is 2.52 bits per heavy atom. The molecule has 1 saturated carbocycles. The summed E-state index contributed by atoms with van der Waals surface area (Å²) in [6.45, 7) is 8.13. The zero-order valence-electron chi connectivity index (χ0n) is 18.5. The van der Waals surface area contributed by atoms with Crippen molar-refractivity contribution in [3.05, 3.63) is 35.6 Å². The molecule has 1 aromatic rings. The zero-order valence-corrected chi connectivity index (χ0v) is 20.9. The van der Waals surface area contributed by atoms with Crippen LogP contribution >= 0.6 is 24.0 Å². The monoisotopic (exact) mass is 547 g/mol. The van der Waals surface area contributed by atoms with Crippen LogP contribution in [0.1, 0.15) is 25.3 Å². The SMILES string of the molecule is CCNC(=NCC1(c2ccccc2F)CC1)N1CCN(CC(=O)NCCOC)CC1.I. The first-order valence-corrected chi connectivity index (χ1v) is 10.8. The summed E-state index contributed by atoms with van der Waals surface area (Å²) in [7, 11) is 1.62. The maximum absolute atomic E-state index is 14.3. The van der Waals surface area contributed by atoms with E-state index in [-0.39, 0.29) is 41.1 Å². The fourth-order valence-electron chi connectivity index (χ4n) is 3.88. The lowest BCUT2D eigenvalue weighted by Gasteiger charge is -2.36. The Hall–Kier alpha value is -1.46. The Labute approximate surface area is 201 Å². The molecule has 0 bridgehead atoms. The Morgan fingerprint density at radius 1 is 1.19 bits per heavy atom. The number of hydrogen-bond donors (Lipinski definition) is 2. The maximum Gasteiger partial charge on any atom is 0.234 e. The van der Waals surface area contributed by atoms with Gasteiger partial charge in [0.2, 0.25) is 5.91 Å². The van der Waals surface area contributed by atoms with Crippen LogP contribution in [0, 0.1) is 5.82 Å². The third-order valence-corrected chi connectivity index (χ3v) is 5.83. The number of rotatable bonds is 9. The van der Waals surface area contributed by atoms with Crippen LogP contribution < -0.4 is 10.6 Å². The molecule has 0 spiro atoms. The molecule has 9 heteroatoms. The summed E-state index contributed by atoms with van der Waals surface area (Å²) in [5.41, 5.74) is 0.627. The third-order valence-electron chi connectivity index (χ3n) is 5.83. The average molecular weight is 547 g/mol. The topological polar surface area (TPSA) is 69.2 Å². The van der Waals surface area contributed by atoms with Gasteiger partial charge in [0.1, 0.15) is 5.82 Å². The number of aliphatic imine (C=N–C) groups is 1. The van der Waals surface area contributed by atoms with E-state index in [0.29, 0.717) is 26.2 Å². The average Bonchev–Trinajstić information content (AvgIpc) is 3.53. The lowest BCUT2D eigenvalue weighted by molar-refractivity contribution is -0.122. The Kier molecular flexibility index (Phi) is 10.4. The Balaban J connectivity index is 0.00000341. The van der Waals surface area contributed by atoms with Crippen molar-refractivity contribution in [3.8, 4) is 0 Å². The predicted molar refractivity (Wildman–Crippen MR) is 132 cm³/mol. The third kappa shape index (κ3) is 7.28. The maximum atomic E-state index is 14.3. The largest absolute Gasteiger partial charge is 0.383 e. The van der Waals surface area contributed by atoms with Crippen LogP contribution in [0.5, 0.6) is 0 Å². The first-order valence-electron chi connectivity index (χ1n) is 10.8. The van der Waals surface area contributed by atoms with E-state index in [0.717, 1.165) is 57.1 Å². The van der Waals surface area contributed by atoms with E-state index in [1.54, 1.807) is 13.2 Å². The van der Waals surface area contributed by atoms with Crippen LogP contribution in [0.2, 0.25) is 0 Å². The van der Waals surface area contributed by atoms with Crippen molar-refractivity contribution < 1.29 is 13.9 Å². The van der Waals surface area contributed by atoms with Crippen LogP contribution in [-0.2, 0) is 14.9 Å². The zero-order chi connectivity index (χ0) is 21.4. The van der Waals surface area contributed by atoms with Crippen molar-refractivity contribution in [1.29, 1.82) is 0 Å². The molecule has 1 saturated heterocycles. The van der Waals surface area contributed by atoms with Gasteiger partial charge in [0.25, 0.3) is 0 Å². The normalized spacial score (nSPS) is 18.3. The molecule has 7 nitrogen and oxygen atoms in total. The molecule has 0 atom stereocenters. The summed E-state index contributed by atoms with van der Waals surface area (Å²) in [6.07, 6.45) is 1.95. The minimum Gasteiger partial charge on any atom is -0.383 e.